The van der Waals surface area contributed by atoms with E-state index in [-0.39, 0.29) is 5.91 Å². The number of nitrogens with one attached hydrogen (secondary N) is 3. The van der Waals surface area contributed by atoms with Gasteiger partial charge < -0.3 is 25.6 Å². The Balaban J connectivity index is 1.92. The summed E-state index contributed by atoms with van der Waals surface area (Å²) in [4.78, 5) is 18.1. The average Bonchev–Trinajstić information content (AvgIpc) is 2.73. The molecule has 0 radical (unpaired) electrons. The molecule has 0 saturated heterocycles. The first-order valence-corrected chi connectivity index (χ1v) is 10.6. The van der Waals surface area contributed by atoms with Gasteiger partial charge in [0.25, 0.3) is 0 Å². The van der Waals surface area contributed by atoms with Crippen molar-refractivity contribution in [3.8, 4) is 5.75 Å². The van der Waals surface area contributed by atoms with Crippen LogP contribution in [0.4, 0.5) is 5.69 Å². The summed E-state index contributed by atoms with van der Waals surface area (Å²) in [6, 6.07) is 14.0. The summed E-state index contributed by atoms with van der Waals surface area (Å²) < 4.78 is 5.89. The Hall–Kier alpha value is -3.06. The number of rotatable bonds is 10. The van der Waals surface area contributed by atoms with Crippen LogP contribution in [0.5, 0.6) is 5.75 Å². The van der Waals surface area contributed by atoms with Gasteiger partial charge in [-0.05, 0) is 56.8 Å². The highest BCUT2D eigenvalue weighted by Crippen LogP contribution is 2.20. The van der Waals surface area contributed by atoms with Crippen LogP contribution in [0.2, 0.25) is 0 Å². The standard InChI is InChI=1S/C24H35N5O2/c1-6-12-31-22-13-18(2)10-11-20(22)16-27-24(25-3)26-15-19-8-7-9-21(14-19)28-23(30)17-29(4)5/h7-11,13-14H,6,12,15-17H2,1-5H3,(H,28,30)(H2,25,26,27). The summed E-state index contributed by atoms with van der Waals surface area (Å²) in [5, 5.41) is 9.59. The van der Waals surface area contributed by atoms with Gasteiger partial charge in [0.15, 0.2) is 5.96 Å². The van der Waals surface area contributed by atoms with Crippen LogP contribution in [-0.4, -0.2) is 51.1 Å². The maximum atomic E-state index is 12.0. The predicted molar refractivity (Wildman–Crippen MR) is 128 cm³/mol. The van der Waals surface area contributed by atoms with E-state index in [9.17, 15) is 4.79 Å². The number of anilines is 1. The minimum absolute atomic E-state index is 0.0354. The van der Waals surface area contributed by atoms with E-state index in [0.29, 0.717) is 32.2 Å². The lowest BCUT2D eigenvalue weighted by Gasteiger charge is -2.16. The van der Waals surface area contributed by atoms with Crippen LogP contribution >= 0.6 is 0 Å². The summed E-state index contributed by atoms with van der Waals surface area (Å²) in [6.07, 6.45) is 0.971. The number of hydrogen-bond acceptors (Lipinski definition) is 4. The zero-order valence-corrected chi connectivity index (χ0v) is 19.3. The molecule has 0 atom stereocenters. The van der Waals surface area contributed by atoms with Crippen molar-refractivity contribution >= 4 is 17.6 Å². The topological polar surface area (TPSA) is 78.0 Å². The highest BCUT2D eigenvalue weighted by molar-refractivity contribution is 5.92. The number of nitrogens with zero attached hydrogens (tertiary/aromatic N) is 2. The molecular weight excluding hydrogens is 390 g/mol. The van der Waals surface area contributed by atoms with Crippen LogP contribution in [-0.2, 0) is 17.9 Å². The number of ether oxygens (including phenoxy) is 1. The SMILES string of the molecule is CCCOc1cc(C)ccc1CNC(=NC)NCc1cccc(NC(=O)CN(C)C)c1. The van der Waals surface area contributed by atoms with Gasteiger partial charge >= 0.3 is 0 Å². The van der Waals surface area contributed by atoms with Crippen molar-refractivity contribution < 1.29 is 9.53 Å². The summed E-state index contributed by atoms with van der Waals surface area (Å²) in [5.41, 5.74) is 4.10. The highest BCUT2D eigenvalue weighted by atomic mass is 16.5. The van der Waals surface area contributed by atoms with Crippen LogP contribution in [0.15, 0.2) is 47.5 Å². The Morgan fingerprint density at radius 3 is 2.58 bits per heavy atom. The number of guanidine groups is 1. The van der Waals surface area contributed by atoms with Gasteiger partial charge in [-0.15, -0.1) is 0 Å². The third-order valence-corrected chi connectivity index (χ3v) is 4.48. The summed E-state index contributed by atoms with van der Waals surface area (Å²) >= 11 is 0. The number of aryl methyl sites for hydroxylation is 1. The van der Waals surface area contributed by atoms with Crippen molar-refractivity contribution in [2.75, 3.05) is 39.6 Å². The Bertz CT molecular complexity index is 880. The lowest BCUT2D eigenvalue weighted by molar-refractivity contribution is -0.116. The minimum Gasteiger partial charge on any atom is -0.493 e. The monoisotopic (exact) mass is 425 g/mol. The maximum Gasteiger partial charge on any atom is 0.238 e. The third kappa shape index (κ3) is 8.68. The number of carbonyl (C=O) groups is 1. The molecule has 0 heterocycles. The molecule has 2 aromatic rings. The molecule has 0 bridgehead atoms. The van der Waals surface area contributed by atoms with Crippen molar-refractivity contribution in [3.63, 3.8) is 0 Å². The molecule has 7 nitrogen and oxygen atoms in total. The van der Waals surface area contributed by atoms with Crippen LogP contribution in [0.3, 0.4) is 0 Å². The Kier molecular flexibility index (Phi) is 9.84. The van der Waals surface area contributed by atoms with E-state index >= 15 is 0 Å². The lowest BCUT2D eigenvalue weighted by Crippen LogP contribution is -2.36. The molecule has 0 aromatic heterocycles. The van der Waals surface area contributed by atoms with Gasteiger partial charge in [0, 0.05) is 31.4 Å². The quantitative estimate of drug-likeness (QED) is 0.403. The Morgan fingerprint density at radius 2 is 1.87 bits per heavy atom. The third-order valence-electron chi connectivity index (χ3n) is 4.48. The normalized spacial score (nSPS) is 11.4. The van der Waals surface area contributed by atoms with Gasteiger partial charge in [-0.3, -0.25) is 9.79 Å². The fraction of sp³-hybridized carbons (Fsp3) is 0.417. The number of hydrogen-bond donors (Lipinski definition) is 3. The first-order chi connectivity index (χ1) is 14.9. The Labute approximate surface area is 185 Å². The van der Waals surface area contributed by atoms with Gasteiger partial charge in [-0.2, -0.15) is 0 Å². The van der Waals surface area contributed by atoms with Gasteiger partial charge in [0.1, 0.15) is 5.75 Å². The molecular formula is C24H35N5O2. The number of amides is 1. The summed E-state index contributed by atoms with van der Waals surface area (Å²) in [6.45, 7) is 6.41. The molecule has 0 fully saturated rings. The molecule has 0 saturated carbocycles. The number of benzene rings is 2. The van der Waals surface area contributed by atoms with E-state index < -0.39 is 0 Å². The van der Waals surface area contributed by atoms with Crippen LogP contribution in [0.1, 0.15) is 30.0 Å². The summed E-state index contributed by atoms with van der Waals surface area (Å²) in [7, 11) is 5.49. The number of carbonyl (C=O) groups excluding carboxylic acids is 1. The van der Waals surface area contributed by atoms with E-state index in [0.717, 1.165) is 29.0 Å². The molecule has 31 heavy (non-hydrogen) atoms. The largest absolute Gasteiger partial charge is 0.493 e. The number of likely N-dealkylation sites (N-methyl/N-ethyl adjacent to an activating group) is 1. The molecule has 0 unspecified atom stereocenters. The van der Waals surface area contributed by atoms with E-state index in [1.54, 1.807) is 7.05 Å². The second-order valence-corrected chi connectivity index (χ2v) is 7.73. The molecule has 168 valence electrons. The maximum absolute atomic E-state index is 12.0. The zero-order valence-electron chi connectivity index (χ0n) is 19.3. The average molecular weight is 426 g/mol. The van der Waals surface area contributed by atoms with Gasteiger partial charge in [0.2, 0.25) is 5.91 Å². The molecule has 0 aliphatic carbocycles. The summed E-state index contributed by atoms with van der Waals surface area (Å²) in [5.74, 6) is 1.57. The molecule has 7 heteroatoms. The number of aliphatic imine (C=N–C) groups is 1. The molecule has 1 amide bonds. The smallest absolute Gasteiger partial charge is 0.238 e. The van der Waals surface area contributed by atoms with E-state index in [4.69, 9.17) is 4.74 Å². The lowest BCUT2D eigenvalue weighted by atomic mass is 10.1. The van der Waals surface area contributed by atoms with Crippen molar-refractivity contribution in [1.29, 1.82) is 0 Å². The Morgan fingerprint density at radius 1 is 1.10 bits per heavy atom. The molecule has 3 N–H and O–H groups in total. The highest BCUT2D eigenvalue weighted by Gasteiger charge is 2.07. The second kappa shape index (κ2) is 12.6. The van der Waals surface area contributed by atoms with Crippen molar-refractivity contribution in [1.82, 2.24) is 15.5 Å². The van der Waals surface area contributed by atoms with Crippen LogP contribution < -0.4 is 20.7 Å². The van der Waals surface area contributed by atoms with Crippen LogP contribution in [0, 0.1) is 6.92 Å². The van der Waals surface area contributed by atoms with Crippen LogP contribution in [0.25, 0.3) is 0 Å². The fourth-order valence-electron chi connectivity index (χ4n) is 2.99. The second-order valence-electron chi connectivity index (χ2n) is 7.73. The molecule has 0 aliphatic heterocycles. The fourth-order valence-corrected chi connectivity index (χ4v) is 2.99. The predicted octanol–water partition coefficient (Wildman–Crippen LogP) is 3.15. The van der Waals surface area contributed by atoms with Crippen molar-refractivity contribution in [3.05, 3.63) is 59.2 Å². The zero-order chi connectivity index (χ0) is 22.6. The first kappa shape index (κ1) is 24.2. The van der Waals surface area contributed by atoms with Crippen molar-refractivity contribution in [2.45, 2.75) is 33.4 Å². The van der Waals surface area contributed by atoms with E-state index in [1.165, 1.54) is 5.56 Å². The molecule has 2 aromatic carbocycles. The molecule has 0 spiro atoms. The molecule has 0 aliphatic rings. The van der Waals surface area contributed by atoms with Gasteiger partial charge in [0.05, 0.1) is 13.2 Å². The van der Waals surface area contributed by atoms with Gasteiger partial charge in [-0.25, -0.2) is 0 Å². The van der Waals surface area contributed by atoms with E-state index in [2.05, 4.69) is 53.0 Å². The minimum atomic E-state index is -0.0354. The first-order valence-electron chi connectivity index (χ1n) is 10.6. The van der Waals surface area contributed by atoms with Gasteiger partial charge in [-0.1, -0.05) is 31.2 Å². The van der Waals surface area contributed by atoms with Crippen molar-refractivity contribution in [2.24, 2.45) is 4.99 Å². The molecule has 2 rings (SSSR count). The van der Waals surface area contributed by atoms with E-state index in [1.807, 2.05) is 43.3 Å².